The first-order valence-corrected chi connectivity index (χ1v) is 4.12. The lowest BCUT2D eigenvalue weighted by Gasteiger charge is -1.88. The molecular formula is C10H9BO2. The summed E-state index contributed by atoms with van der Waals surface area (Å²) in [5.41, 5.74) is 2.59. The highest BCUT2D eigenvalue weighted by atomic mass is 16.4. The lowest BCUT2D eigenvalue weighted by Crippen LogP contribution is -2.27. The number of hydrogen-bond donors (Lipinski definition) is 2. The Kier molecular flexibility index (Phi) is 2.04. The summed E-state index contributed by atoms with van der Waals surface area (Å²) >= 11 is 0. The van der Waals surface area contributed by atoms with Crippen LogP contribution in [0.25, 0.3) is 11.1 Å². The summed E-state index contributed by atoms with van der Waals surface area (Å²) in [5, 5.41) is 17.9. The molecule has 2 rings (SSSR count). The second-order valence-electron chi connectivity index (χ2n) is 2.98. The normalized spacial score (nSPS) is 10.3. The van der Waals surface area contributed by atoms with Crippen LogP contribution in [0.5, 0.6) is 0 Å². The zero-order valence-electron chi connectivity index (χ0n) is 7.01. The third-order valence-corrected chi connectivity index (χ3v) is 2.05. The lowest BCUT2D eigenvalue weighted by molar-refractivity contribution is 0.426. The highest BCUT2D eigenvalue weighted by molar-refractivity contribution is 6.59. The minimum Gasteiger partial charge on any atom is -0.423 e. The van der Waals surface area contributed by atoms with Crippen LogP contribution < -0.4 is 5.46 Å². The number of rotatable bonds is 1. The predicted octanol–water partition coefficient (Wildman–Crippen LogP) is 0.471. The Morgan fingerprint density at radius 2 is 1.38 bits per heavy atom. The fraction of sp³-hybridized carbons (Fsp3) is 0. The molecular weight excluding hydrogens is 163 g/mol. The molecule has 0 aromatic rings. The van der Waals surface area contributed by atoms with Gasteiger partial charge in [-0.2, -0.15) is 0 Å². The summed E-state index contributed by atoms with van der Waals surface area (Å²) < 4.78 is 0. The highest BCUT2D eigenvalue weighted by Crippen LogP contribution is 2.19. The molecule has 0 spiro atoms. The van der Waals surface area contributed by atoms with Crippen LogP contribution >= 0.6 is 0 Å². The summed E-state index contributed by atoms with van der Waals surface area (Å²) in [7, 11) is -1.38. The van der Waals surface area contributed by atoms with Gasteiger partial charge in [0, 0.05) is 0 Å². The molecule has 0 fully saturated rings. The van der Waals surface area contributed by atoms with Crippen molar-refractivity contribution in [2.75, 3.05) is 0 Å². The average Bonchev–Trinajstić information content (AvgIpc) is 2.38. The van der Waals surface area contributed by atoms with Gasteiger partial charge in [-0.1, -0.05) is 42.5 Å². The van der Waals surface area contributed by atoms with Gasteiger partial charge in [0.05, 0.1) is 0 Å². The van der Waals surface area contributed by atoms with Gasteiger partial charge >= 0.3 is 7.12 Å². The van der Waals surface area contributed by atoms with E-state index in [0.717, 1.165) is 11.1 Å². The smallest absolute Gasteiger partial charge is 0.423 e. The van der Waals surface area contributed by atoms with Crippen LogP contribution in [0.4, 0.5) is 0 Å². The third-order valence-electron chi connectivity index (χ3n) is 2.05. The highest BCUT2D eigenvalue weighted by Gasteiger charge is 2.14. The van der Waals surface area contributed by atoms with Gasteiger partial charge in [-0.05, 0) is 16.6 Å². The third kappa shape index (κ3) is 1.57. The van der Waals surface area contributed by atoms with E-state index >= 15 is 0 Å². The summed E-state index contributed by atoms with van der Waals surface area (Å²) in [6, 6.07) is 13.2. The topological polar surface area (TPSA) is 40.5 Å². The maximum absolute atomic E-state index is 8.94. The van der Waals surface area contributed by atoms with Crippen LogP contribution in [-0.2, 0) is 0 Å². The van der Waals surface area contributed by atoms with Crippen LogP contribution in [0.3, 0.4) is 0 Å². The van der Waals surface area contributed by atoms with E-state index < -0.39 is 7.12 Å². The molecule has 2 aliphatic rings. The van der Waals surface area contributed by atoms with Crippen molar-refractivity contribution in [3.63, 3.8) is 0 Å². The van der Waals surface area contributed by atoms with Crippen LogP contribution in [0, 0.1) is 0 Å². The zero-order valence-corrected chi connectivity index (χ0v) is 7.01. The first-order valence-electron chi connectivity index (χ1n) is 4.12. The second-order valence-corrected chi connectivity index (χ2v) is 2.98. The van der Waals surface area contributed by atoms with Crippen molar-refractivity contribution in [1.29, 1.82) is 0 Å². The molecule has 0 unspecified atom stereocenters. The fourth-order valence-electron chi connectivity index (χ4n) is 1.39. The summed E-state index contributed by atoms with van der Waals surface area (Å²) in [6.07, 6.45) is 0. The maximum atomic E-state index is 8.94. The average molecular weight is 172 g/mol. The second kappa shape index (κ2) is 3.20. The number of hydrogen-bond acceptors (Lipinski definition) is 2. The Balaban J connectivity index is 2.57. The van der Waals surface area contributed by atoms with E-state index in [-0.39, 0.29) is 0 Å². The van der Waals surface area contributed by atoms with Crippen molar-refractivity contribution >= 4 is 12.6 Å². The van der Waals surface area contributed by atoms with Crippen LogP contribution in [-0.4, -0.2) is 17.2 Å². The van der Waals surface area contributed by atoms with E-state index in [1.807, 2.05) is 30.3 Å². The van der Waals surface area contributed by atoms with E-state index in [4.69, 9.17) is 10.0 Å². The van der Waals surface area contributed by atoms with Crippen LogP contribution in [0.1, 0.15) is 0 Å². The van der Waals surface area contributed by atoms with E-state index in [0.29, 0.717) is 5.46 Å². The molecule has 3 heteroatoms. The molecule has 13 heavy (non-hydrogen) atoms. The Morgan fingerprint density at radius 3 is 1.85 bits per heavy atom. The first-order chi connectivity index (χ1) is 6.27. The molecule has 2 aliphatic carbocycles. The summed E-state index contributed by atoms with van der Waals surface area (Å²) in [4.78, 5) is 0. The molecule has 0 heterocycles. The van der Waals surface area contributed by atoms with E-state index in [1.165, 1.54) is 0 Å². The molecule has 0 saturated heterocycles. The zero-order chi connectivity index (χ0) is 9.26. The minimum absolute atomic E-state index is 0.543. The van der Waals surface area contributed by atoms with Crippen molar-refractivity contribution in [1.82, 2.24) is 0 Å². The number of fused-ring (bicyclic) bond motifs is 1. The van der Waals surface area contributed by atoms with Crippen molar-refractivity contribution in [2.24, 2.45) is 0 Å². The monoisotopic (exact) mass is 172 g/mol. The Labute approximate surface area is 76.9 Å². The van der Waals surface area contributed by atoms with Gasteiger partial charge in [0.25, 0.3) is 0 Å². The van der Waals surface area contributed by atoms with E-state index in [1.54, 1.807) is 12.1 Å². The largest absolute Gasteiger partial charge is 0.488 e. The quantitative estimate of drug-likeness (QED) is 0.613. The Hall–Kier alpha value is -1.32. The molecule has 2 nitrogen and oxygen atoms in total. The maximum Gasteiger partial charge on any atom is 0.488 e. The van der Waals surface area contributed by atoms with Crippen molar-refractivity contribution in [3.05, 3.63) is 42.5 Å². The van der Waals surface area contributed by atoms with Crippen LogP contribution in [0.2, 0.25) is 0 Å². The first kappa shape index (κ1) is 8.29. The van der Waals surface area contributed by atoms with Gasteiger partial charge in [0.1, 0.15) is 0 Å². The van der Waals surface area contributed by atoms with Gasteiger partial charge < -0.3 is 10.0 Å². The van der Waals surface area contributed by atoms with Gasteiger partial charge in [-0.3, -0.25) is 0 Å². The lowest BCUT2D eigenvalue weighted by atomic mass is 9.82. The Bertz CT molecular complexity index is 356. The van der Waals surface area contributed by atoms with Gasteiger partial charge in [0.15, 0.2) is 0 Å². The molecule has 0 aliphatic heterocycles. The molecule has 2 N–H and O–H groups in total. The molecule has 0 atom stereocenters. The molecule has 0 aromatic carbocycles. The predicted molar refractivity (Wildman–Crippen MR) is 52.9 cm³/mol. The molecule has 64 valence electrons. The van der Waals surface area contributed by atoms with Crippen LogP contribution in [0.15, 0.2) is 42.5 Å². The fourth-order valence-corrected chi connectivity index (χ4v) is 1.39. The van der Waals surface area contributed by atoms with Gasteiger partial charge in [0.2, 0.25) is 0 Å². The molecule has 0 amide bonds. The molecule has 0 saturated carbocycles. The van der Waals surface area contributed by atoms with Crippen molar-refractivity contribution < 1.29 is 10.0 Å². The van der Waals surface area contributed by atoms with Gasteiger partial charge in [-0.25, -0.2) is 0 Å². The summed E-state index contributed by atoms with van der Waals surface area (Å²) in [5.74, 6) is 0. The standard InChI is InChI=1S/C10H9BO2/c12-11(13)10-6-8-4-2-1-3-5-9(8)7-10/h1-7,12-13H. The Morgan fingerprint density at radius 1 is 0.846 bits per heavy atom. The molecule has 0 bridgehead atoms. The van der Waals surface area contributed by atoms with E-state index in [2.05, 4.69) is 0 Å². The molecule has 0 radical (unpaired) electrons. The molecule has 0 aromatic heterocycles. The SMILES string of the molecule is OB(O)c1cc2cccccc-2c1. The minimum atomic E-state index is -1.38. The van der Waals surface area contributed by atoms with E-state index in [9.17, 15) is 0 Å². The van der Waals surface area contributed by atoms with Crippen molar-refractivity contribution in [2.45, 2.75) is 0 Å². The van der Waals surface area contributed by atoms with Crippen molar-refractivity contribution in [3.8, 4) is 11.1 Å². The summed E-state index contributed by atoms with van der Waals surface area (Å²) in [6.45, 7) is 0. The van der Waals surface area contributed by atoms with Gasteiger partial charge in [-0.15, -0.1) is 0 Å².